The molecule has 1 saturated heterocycles. The molecule has 1 aromatic rings. The summed E-state index contributed by atoms with van der Waals surface area (Å²) in [5.41, 5.74) is 0.916. The van der Waals surface area contributed by atoms with Crippen LogP contribution < -0.4 is 10.1 Å². The molecular weight excluding hydrogens is 256 g/mol. The van der Waals surface area contributed by atoms with Crippen LogP contribution in [0.3, 0.4) is 0 Å². The highest BCUT2D eigenvalue weighted by molar-refractivity contribution is 5.94. The third kappa shape index (κ3) is 2.92. The number of piperazine rings is 1. The van der Waals surface area contributed by atoms with Gasteiger partial charge in [-0.05, 0) is 12.5 Å². The second-order valence-electron chi connectivity index (χ2n) is 4.86. The van der Waals surface area contributed by atoms with Crippen LogP contribution in [0.2, 0.25) is 0 Å². The first-order chi connectivity index (χ1) is 9.67. The van der Waals surface area contributed by atoms with Crippen LogP contribution in [0.25, 0.3) is 0 Å². The number of nitrogens with zero attached hydrogens (tertiary/aromatic N) is 1. The summed E-state index contributed by atoms with van der Waals surface area (Å²) in [6.07, 6.45) is 1.53. The van der Waals surface area contributed by atoms with E-state index < -0.39 is 0 Å². The zero-order valence-corrected chi connectivity index (χ0v) is 11.9. The molecule has 1 fully saturated rings. The van der Waals surface area contributed by atoms with E-state index in [0.29, 0.717) is 13.0 Å². The molecule has 1 N–H and O–H groups in total. The van der Waals surface area contributed by atoms with Gasteiger partial charge in [-0.3, -0.25) is 9.59 Å². The van der Waals surface area contributed by atoms with Crippen molar-refractivity contribution in [1.82, 2.24) is 10.2 Å². The number of benzene rings is 1. The van der Waals surface area contributed by atoms with Gasteiger partial charge in [0.05, 0.1) is 20.2 Å². The molecule has 0 spiro atoms. The molecular formula is C15H20N2O3. The number of methoxy groups -OCH3 is 1. The molecule has 0 bridgehead atoms. The summed E-state index contributed by atoms with van der Waals surface area (Å²) in [4.78, 5) is 25.7. The number of ether oxygens (including phenoxy) is 1. The van der Waals surface area contributed by atoms with E-state index in [1.807, 2.05) is 31.2 Å². The maximum absolute atomic E-state index is 12.1. The molecule has 1 unspecified atom stereocenters. The first-order valence-electron chi connectivity index (χ1n) is 6.86. The van der Waals surface area contributed by atoms with Gasteiger partial charge in [-0.25, -0.2) is 0 Å². The Kier molecular flexibility index (Phi) is 4.61. The van der Waals surface area contributed by atoms with Crippen LogP contribution in [0.1, 0.15) is 25.3 Å². The fourth-order valence-electron chi connectivity index (χ4n) is 2.47. The SMILES string of the molecule is CCCC1C(=O)NCC(=O)N1Cc1ccccc1OC. The number of carbonyl (C=O) groups is 2. The van der Waals surface area contributed by atoms with Crippen molar-refractivity contribution in [2.75, 3.05) is 13.7 Å². The monoisotopic (exact) mass is 276 g/mol. The lowest BCUT2D eigenvalue weighted by Gasteiger charge is -2.35. The Bertz CT molecular complexity index is 502. The van der Waals surface area contributed by atoms with Crippen LogP contribution in [0, 0.1) is 0 Å². The van der Waals surface area contributed by atoms with E-state index in [-0.39, 0.29) is 24.4 Å². The smallest absolute Gasteiger partial charge is 0.243 e. The van der Waals surface area contributed by atoms with Gasteiger partial charge in [0.2, 0.25) is 11.8 Å². The quantitative estimate of drug-likeness (QED) is 0.882. The lowest BCUT2D eigenvalue weighted by molar-refractivity contribution is -0.146. The molecule has 0 aromatic heterocycles. The number of para-hydroxylation sites is 1. The predicted molar refractivity (Wildman–Crippen MR) is 75.2 cm³/mol. The van der Waals surface area contributed by atoms with Gasteiger partial charge in [-0.15, -0.1) is 0 Å². The maximum atomic E-state index is 12.1. The van der Waals surface area contributed by atoms with Gasteiger partial charge >= 0.3 is 0 Å². The van der Waals surface area contributed by atoms with E-state index in [2.05, 4.69) is 5.32 Å². The van der Waals surface area contributed by atoms with E-state index in [1.165, 1.54) is 0 Å². The van der Waals surface area contributed by atoms with E-state index >= 15 is 0 Å². The van der Waals surface area contributed by atoms with E-state index in [9.17, 15) is 9.59 Å². The van der Waals surface area contributed by atoms with Gasteiger partial charge in [0.25, 0.3) is 0 Å². The third-order valence-electron chi connectivity index (χ3n) is 3.51. The van der Waals surface area contributed by atoms with Gasteiger partial charge in [-0.1, -0.05) is 31.5 Å². The minimum absolute atomic E-state index is 0.0473. The molecule has 1 aromatic carbocycles. The van der Waals surface area contributed by atoms with Crippen LogP contribution in [-0.4, -0.2) is 36.4 Å². The Labute approximate surface area is 118 Å². The van der Waals surface area contributed by atoms with Crippen molar-refractivity contribution in [2.24, 2.45) is 0 Å². The standard InChI is InChI=1S/C15H20N2O3/c1-3-6-12-15(19)16-9-14(18)17(12)10-11-7-4-5-8-13(11)20-2/h4-5,7-8,12H,3,6,9-10H2,1-2H3,(H,16,19). The Morgan fingerprint density at radius 2 is 2.10 bits per heavy atom. The van der Waals surface area contributed by atoms with Crippen molar-refractivity contribution in [2.45, 2.75) is 32.4 Å². The summed E-state index contributed by atoms with van der Waals surface area (Å²) in [6, 6.07) is 7.18. The molecule has 1 aliphatic rings. The summed E-state index contributed by atoms with van der Waals surface area (Å²) in [5.74, 6) is 0.622. The second-order valence-corrected chi connectivity index (χ2v) is 4.86. The van der Waals surface area contributed by atoms with Gasteiger partial charge in [0, 0.05) is 5.56 Å². The highest BCUT2D eigenvalue weighted by Gasteiger charge is 2.33. The Morgan fingerprint density at radius 1 is 1.35 bits per heavy atom. The summed E-state index contributed by atoms with van der Waals surface area (Å²) in [7, 11) is 1.60. The van der Waals surface area contributed by atoms with E-state index in [0.717, 1.165) is 17.7 Å². The molecule has 20 heavy (non-hydrogen) atoms. The topological polar surface area (TPSA) is 58.6 Å². The fourth-order valence-corrected chi connectivity index (χ4v) is 2.47. The largest absolute Gasteiger partial charge is 0.496 e. The van der Waals surface area contributed by atoms with Crippen molar-refractivity contribution in [3.8, 4) is 5.75 Å². The molecule has 0 radical (unpaired) electrons. The molecule has 0 aliphatic carbocycles. The van der Waals surface area contributed by atoms with E-state index in [4.69, 9.17) is 4.74 Å². The number of amides is 2. The first kappa shape index (κ1) is 14.4. The predicted octanol–water partition coefficient (Wildman–Crippen LogP) is 1.32. The van der Waals surface area contributed by atoms with Crippen LogP contribution in [0.4, 0.5) is 0 Å². The molecule has 5 heteroatoms. The van der Waals surface area contributed by atoms with Crippen molar-refractivity contribution >= 4 is 11.8 Å². The Balaban J connectivity index is 2.23. The molecule has 1 heterocycles. The number of hydrogen-bond donors (Lipinski definition) is 1. The number of rotatable bonds is 5. The van der Waals surface area contributed by atoms with Crippen molar-refractivity contribution in [1.29, 1.82) is 0 Å². The van der Waals surface area contributed by atoms with Gasteiger partial charge in [0.1, 0.15) is 11.8 Å². The number of hydrogen-bond acceptors (Lipinski definition) is 3. The number of nitrogens with one attached hydrogen (secondary N) is 1. The molecule has 0 saturated carbocycles. The second kappa shape index (κ2) is 6.41. The molecule has 1 atom stereocenters. The summed E-state index contributed by atoms with van der Waals surface area (Å²) >= 11 is 0. The average Bonchev–Trinajstić information content (AvgIpc) is 2.47. The van der Waals surface area contributed by atoms with Crippen molar-refractivity contribution in [3.05, 3.63) is 29.8 Å². The van der Waals surface area contributed by atoms with E-state index in [1.54, 1.807) is 12.0 Å². The van der Waals surface area contributed by atoms with Gasteiger partial charge in [0.15, 0.2) is 0 Å². The maximum Gasteiger partial charge on any atom is 0.243 e. The minimum atomic E-state index is -0.383. The van der Waals surface area contributed by atoms with Crippen molar-refractivity contribution < 1.29 is 14.3 Å². The lowest BCUT2D eigenvalue weighted by atomic mass is 10.0. The van der Waals surface area contributed by atoms with Gasteiger partial charge in [-0.2, -0.15) is 0 Å². The fraction of sp³-hybridized carbons (Fsp3) is 0.467. The summed E-state index contributed by atoms with van der Waals surface area (Å²) < 4.78 is 5.31. The minimum Gasteiger partial charge on any atom is -0.496 e. The first-order valence-corrected chi connectivity index (χ1v) is 6.86. The zero-order chi connectivity index (χ0) is 14.5. The molecule has 5 nitrogen and oxygen atoms in total. The normalized spacial score (nSPS) is 18.9. The van der Waals surface area contributed by atoms with Crippen LogP contribution in [0.15, 0.2) is 24.3 Å². The highest BCUT2D eigenvalue weighted by Crippen LogP contribution is 2.22. The molecule has 2 rings (SSSR count). The molecule has 108 valence electrons. The third-order valence-corrected chi connectivity index (χ3v) is 3.51. The van der Waals surface area contributed by atoms with Crippen LogP contribution >= 0.6 is 0 Å². The number of carbonyl (C=O) groups excluding carboxylic acids is 2. The lowest BCUT2D eigenvalue weighted by Crippen LogP contribution is -2.57. The van der Waals surface area contributed by atoms with Gasteiger partial charge < -0.3 is 15.0 Å². The van der Waals surface area contributed by atoms with Crippen LogP contribution in [0.5, 0.6) is 5.75 Å². The summed E-state index contributed by atoms with van der Waals surface area (Å²) in [6.45, 7) is 2.49. The van der Waals surface area contributed by atoms with Crippen molar-refractivity contribution in [3.63, 3.8) is 0 Å². The van der Waals surface area contributed by atoms with Crippen LogP contribution in [-0.2, 0) is 16.1 Å². The highest BCUT2D eigenvalue weighted by atomic mass is 16.5. The molecule has 1 aliphatic heterocycles. The average molecular weight is 276 g/mol. The Morgan fingerprint density at radius 3 is 2.80 bits per heavy atom. The zero-order valence-electron chi connectivity index (χ0n) is 11.9. The Hall–Kier alpha value is -2.04. The molecule has 2 amide bonds. The summed E-state index contributed by atoms with van der Waals surface area (Å²) in [5, 5.41) is 2.65.